The number of hydrogen-bond acceptors (Lipinski definition) is 5. The molecule has 0 aliphatic rings. The van der Waals surface area contributed by atoms with Crippen LogP contribution in [0.15, 0.2) is 64.2 Å². The summed E-state index contributed by atoms with van der Waals surface area (Å²) in [6.45, 7) is 0.683. The molecule has 0 saturated heterocycles. The summed E-state index contributed by atoms with van der Waals surface area (Å²) in [5.41, 5.74) is 3.37. The summed E-state index contributed by atoms with van der Waals surface area (Å²) in [6, 6.07) is 14.0. The van der Waals surface area contributed by atoms with Crippen molar-refractivity contribution in [2.45, 2.75) is 6.42 Å². The van der Waals surface area contributed by atoms with E-state index in [0.29, 0.717) is 23.5 Å². The van der Waals surface area contributed by atoms with E-state index in [2.05, 4.69) is 32.4 Å². The van der Waals surface area contributed by atoms with Gasteiger partial charge in [-0.25, -0.2) is 4.98 Å². The van der Waals surface area contributed by atoms with E-state index in [1.165, 1.54) is 5.56 Å². The highest BCUT2D eigenvalue weighted by Gasteiger charge is 2.11. The van der Waals surface area contributed by atoms with Gasteiger partial charge < -0.3 is 5.32 Å². The largest absolute Gasteiger partial charge is 0.355 e. The number of aromatic nitrogens is 3. The summed E-state index contributed by atoms with van der Waals surface area (Å²) >= 11 is 1.60. The number of nitrogens with one attached hydrogen (secondary N) is 2. The van der Waals surface area contributed by atoms with E-state index in [-0.39, 0.29) is 5.56 Å². The van der Waals surface area contributed by atoms with Gasteiger partial charge in [-0.3, -0.25) is 9.78 Å². The summed E-state index contributed by atoms with van der Waals surface area (Å²) in [7, 11) is 0. The monoisotopic (exact) mass is 348 g/mol. The second-order valence-corrected chi connectivity index (χ2v) is 6.43. The van der Waals surface area contributed by atoms with Crippen molar-refractivity contribution in [1.29, 1.82) is 0 Å². The number of thiophene rings is 1. The van der Waals surface area contributed by atoms with Crippen LogP contribution in [0, 0.1) is 0 Å². The first-order chi connectivity index (χ1) is 12.3. The molecule has 0 amide bonds. The molecule has 0 atom stereocenters. The molecular formula is C19H16N4OS. The van der Waals surface area contributed by atoms with E-state index >= 15 is 0 Å². The SMILES string of the molecule is O=c1[nH]c(NCCc2ccccc2)nc2nccc(-c3ccsc3)c12. The first kappa shape index (κ1) is 15.5. The second kappa shape index (κ2) is 6.86. The van der Waals surface area contributed by atoms with Crippen LogP contribution in [0.2, 0.25) is 0 Å². The van der Waals surface area contributed by atoms with Gasteiger partial charge in [0, 0.05) is 18.3 Å². The van der Waals surface area contributed by atoms with Crippen molar-refractivity contribution in [2.75, 3.05) is 11.9 Å². The third-order valence-electron chi connectivity index (χ3n) is 3.99. The molecular weight excluding hydrogens is 332 g/mol. The molecule has 1 aromatic carbocycles. The number of H-pyrrole nitrogens is 1. The first-order valence-electron chi connectivity index (χ1n) is 8.01. The topological polar surface area (TPSA) is 70.7 Å². The van der Waals surface area contributed by atoms with Crippen molar-refractivity contribution in [1.82, 2.24) is 15.0 Å². The molecule has 4 rings (SSSR count). The quantitative estimate of drug-likeness (QED) is 0.577. The van der Waals surface area contributed by atoms with E-state index in [4.69, 9.17) is 0 Å². The summed E-state index contributed by atoms with van der Waals surface area (Å²) in [5, 5.41) is 7.70. The predicted molar refractivity (Wildman–Crippen MR) is 102 cm³/mol. The molecule has 0 bridgehead atoms. The number of hydrogen-bond donors (Lipinski definition) is 2. The average molecular weight is 348 g/mol. The van der Waals surface area contributed by atoms with Crippen molar-refractivity contribution < 1.29 is 0 Å². The molecule has 0 radical (unpaired) electrons. The minimum Gasteiger partial charge on any atom is -0.355 e. The van der Waals surface area contributed by atoms with Gasteiger partial charge in [0.25, 0.3) is 5.56 Å². The zero-order valence-corrected chi connectivity index (χ0v) is 14.2. The standard InChI is InChI=1S/C19H16N4OS/c24-18-16-15(14-8-11-25-12-14)7-10-20-17(16)22-19(23-18)21-9-6-13-4-2-1-3-5-13/h1-5,7-8,10-12H,6,9H2,(H2,20,21,22,23,24). The maximum Gasteiger partial charge on any atom is 0.262 e. The molecule has 0 saturated carbocycles. The maximum atomic E-state index is 12.6. The minimum atomic E-state index is -0.179. The Hall–Kier alpha value is -2.99. The molecule has 0 fully saturated rings. The number of fused-ring (bicyclic) bond motifs is 1. The molecule has 2 N–H and O–H groups in total. The van der Waals surface area contributed by atoms with Crippen LogP contribution < -0.4 is 10.9 Å². The van der Waals surface area contributed by atoms with E-state index in [0.717, 1.165) is 17.5 Å². The third kappa shape index (κ3) is 3.29. The van der Waals surface area contributed by atoms with Gasteiger partial charge >= 0.3 is 0 Å². The van der Waals surface area contributed by atoms with Gasteiger partial charge in [0.1, 0.15) is 0 Å². The lowest BCUT2D eigenvalue weighted by atomic mass is 10.1. The Balaban J connectivity index is 1.61. The molecule has 0 aliphatic carbocycles. The molecule has 3 aromatic heterocycles. The van der Waals surface area contributed by atoms with Crippen LogP contribution in [-0.4, -0.2) is 21.5 Å². The Labute approximate surface area is 148 Å². The van der Waals surface area contributed by atoms with Gasteiger partial charge in [-0.2, -0.15) is 16.3 Å². The highest BCUT2D eigenvalue weighted by Crippen LogP contribution is 2.26. The summed E-state index contributed by atoms with van der Waals surface area (Å²) in [5.74, 6) is 0.448. The maximum absolute atomic E-state index is 12.6. The van der Waals surface area contributed by atoms with Crippen LogP contribution in [0.4, 0.5) is 5.95 Å². The Bertz CT molecular complexity index is 1040. The van der Waals surface area contributed by atoms with Gasteiger partial charge in [0.2, 0.25) is 5.95 Å². The molecule has 3 heterocycles. The van der Waals surface area contributed by atoms with Gasteiger partial charge in [0.05, 0.1) is 5.39 Å². The van der Waals surface area contributed by atoms with Crippen LogP contribution in [0.5, 0.6) is 0 Å². The number of rotatable bonds is 5. The zero-order chi connectivity index (χ0) is 17.1. The van der Waals surface area contributed by atoms with Gasteiger partial charge in [-0.05, 0) is 40.4 Å². The molecule has 25 heavy (non-hydrogen) atoms. The van der Waals surface area contributed by atoms with Crippen LogP contribution >= 0.6 is 11.3 Å². The van der Waals surface area contributed by atoms with E-state index in [1.54, 1.807) is 17.5 Å². The van der Waals surface area contributed by atoms with Crippen LogP contribution in [-0.2, 0) is 6.42 Å². The number of pyridine rings is 1. The van der Waals surface area contributed by atoms with Crippen LogP contribution in [0.25, 0.3) is 22.2 Å². The van der Waals surface area contributed by atoms with E-state index in [1.807, 2.05) is 41.1 Å². The van der Waals surface area contributed by atoms with Crippen molar-refractivity contribution >= 4 is 28.3 Å². The fourth-order valence-electron chi connectivity index (χ4n) is 2.78. The Morgan fingerprint density at radius 2 is 2.00 bits per heavy atom. The molecule has 5 nitrogen and oxygen atoms in total. The third-order valence-corrected chi connectivity index (χ3v) is 4.67. The molecule has 4 aromatic rings. The Morgan fingerprint density at radius 3 is 2.80 bits per heavy atom. The van der Waals surface area contributed by atoms with Gasteiger partial charge in [-0.1, -0.05) is 30.3 Å². The van der Waals surface area contributed by atoms with Crippen LogP contribution in [0.3, 0.4) is 0 Å². The Kier molecular flexibility index (Phi) is 4.26. The van der Waals surface area contributed by atoms with Crippen molar-refractivity contribution in [3.05, 3.63) is 75.3 Å². The zero-order valence-electron chi connectivity index (χ0n) is 13.4. The fourth-order valence-corrected chi connectivity index (χ4v) is 3.43. The van der Waals surface area contributed by atoms with Gasteiger partial charge in [-0.15, -0.1) is 0 Å². The van der Waals surface area contributed by atoms with E-state index in [9.17, 15) is 4.79 Å². The first-order valence-corrected chi connectivity index (χ1v) is 8.95. The smallest absolute Gasteiger partial charge is 0.262 e. The summed E-state index contributed by atoms with van der Waals surface area (Å²) in [6.07, 6.45) is 2.54. The fraction of sp³-hybridized carbons (Fsp3) is 0.105. The second-order valence-electron chi connectivity index (χ2n) is 5.65. The molecule has 6 heteroatoms. The molecule has 0 unspecified atom stereocenters. The lowest BCUT2D eigenvalue weighted by Gasteiger charge is -2.08. The Morgan fingerprint density at radius 1 is 1.12 bits per heavy atom. The number of benzene rings is 1. The average Bonchev–Trinajstić information content (AvgIpc) is 3.17. The van der Waals surface area contributed by atoms with Crippen LogP contribution in [0.1, 0.15) is 5.56 Å². The number of anilines is 1. The van der Waals surface area contributed by atoms with E-state index < -0.39 is 0 Å². The highest BCUT2D eigenvalue weighted by molar-refractivity contribution is 7.08. The molecule has 0 spiro atoms. The lowest BCUT2D eigenvalue weighted by molar-refractivity contribution is 0.982. The highest BCUT2D eigenvalue weighted by atomic mass is 32.1. The molecule has 0 aliphatic heterocycles. The van der Waals surface area contributed by atoms with Gasteiger partial charge in [0.15, 0.2) is 5.65 Å². The molecule has 124 valence electrons. The summed E-state index contributed by atoms with van der Waals surface area (Å²) in [4.78, 5) is 24.1. The van der Waals surface area contributed by atoms with Crippen molar-refractivity contribution in [2.24, 2.45) is 0 Å². The number of nitrogens with zero attached hydrogens (tertiary/aromatic N) is 2. The predicted octanol–water partition coefficient (Wildman–Crippen LogP) is 3.70. The van der Waals surface area contributed by atoms with Crippen molar-refractivity contribution in [3.8, 4) is 11.1 Å². The lowest BCUT2D eigenvalue weighted by Crippen LogP contribution is -2.16. The number of aromatic amines is 1. The minimum absolute atomic E-state index is 0.179. The normalized spacial score (nSPS) is 10.9. The summed E-state index contributed by atoms with van der Waals surface area (Å²) < 4.78 is 0. The van der Waals surface area contributed by atoms with Crippen molar-refractivity contribution in [3.63, 3.8) is 0 Å².